The van der Waals surface area contributed by atoms with Crippen molar-refractivity contribution in [3.05, 3.63) is 34.7 Å². The van der Waals surface area contributed by atoms with Gasteiger partial charge in [0.25, 0.3) is 0 Å². The first-order valence-corrected chi connectivity index (χ1v) is 7.15. The Labute approximate surface area is 121 Å². The van der Waals surface area contributed by atoms with Crippen molar-refractivity contribution in [2.45, 2.75) is 25.7 Å². The van der Waals surface area contributed by atoms with Gasteiger partial charge in [0.05, 0.1) is 5.02 Å². The summed E-state index contributed by atoms with van der Waals surface area (Å²) in [5, 5.41) is 1.14. The first-order chi connectivity index (χ1) is 9.56. The number of halogens is 2. The van der Waals surface area contributed by atoms with E-state index in [1.807, 2.05) is 11.1 Å². The number of aromatic nitrogens is 1. The molecule has 0 radical (unpaired) electrons. The van der Waals surface area contributed by atoms with Crippen LogP contribution in [0.15, 0.2) is 18.3 Å². The molecule has 1 aliphatic rings. The Morgan fingerprint density at radius 1 is 1.40 bits per heavy atom. The number of amides is 1. The maximum Gasteiger partial charge on any atom is 0.219 e. The largest absolute Gasteiger partial charge is 0.361 e. The van der Waals surface area contributed by atoms with Gasteiger partial charge in [0.1, 0.15) is 5.82 Å². The highest BCUT2D eigenvalue weighted by molar-refractivity contribution is 6.31. The summed E-state index contributed by atoms with van der Waals surface area (Å²) in [5.74, 6) is 0.118. The Balaban J connectivity index is 1.88. The number of aromatic amines is 1. The molecule has 1 fully saturated rings. The zero-order valence-electron chi connectivity index (χ0n) is 11.2. The summed E-state index contributed by atoms with van der Waals surface area (Å²) in [6, 6.07) is 3.13. The number of nitrogens with one attached hydrogen (secondary N) is 1. The molecule has 1 aliphatic heterocycles. The van der Waals surface area contributed by atoms with Gasteiger partial charge in [-0.2, -0.15) is 0 Å². The van der Waals surface area contributed by atoms with E-state index in [0.29, 0.717) is 5.92 Å². The van der Waals surface area contributed by atoms with E-state index in [9.17, 15) is 9.18 Å². The molecule has 3 nitrogen and oxygen atoms in total. The number of fused-ring (bicyclic) bond motifs is 1. The van der Waals surface area contributed by atoms with Crippen molar-refractivity contribution in [3.8, 4) is 0 Å². The molecule has 0 saturated carbocycles. The summed E-state index contributed by atoms with van der Waals surface area (Å²) in [4.78, 5) is 16.3. The van der Waals surface area contributed by atoms with Crippen molar-refractivity contribution >= 4 is 28.4 Å². The first-order valence-electron chi connectivity index (χ1n) is 6.78. The molecule has 2 aromatic rings. The summed E-state index contributed by atoms with van der Waals surface area (Å²) < 4.78 is 13.4. The van der Waals surface area contributed by atoms with Crippen molar-refractivity contribution in [1.29, 1.82) is 0 Å². The van der Waals surface area contributed by atoms with Gasteiger partial charge in [-0.25, -0.2) is 4.39 Å². The lowest BCUT2D eigenvalue weighted by Gasteiger charge is -2.31. The molecule has 106 valence electrons. The van der Waals surface area contributed by atoms with E-state index < -0.39 is 5.82 Å². The molecule has 0 aliphatic carbocycles. The van der Waals surface area contributed by atoms with Gasteiger partial charge >= 0.3 is 0 Å². The summed E-state index contributed by atoms with van der Waals surface area (Å²) in [7, 11) is 0. The first kappa shape index (κ1) is 13.4. The van der Waals surface area contributed by atoms with E-state index in [1.165, 1.54) is 11.6 Å². The molecular weight excluding hydrogens is 279 g/mol. The van der Waals surface area contributed by atoms with E-state index in [-0.39, 0.29) is 10.9 Å². The molecule has 0 spiro atoms. The maximum atomic E-state index is 13.4. The summed E-state index contributed by atoms with van der Waals surface area (Å²) in [5.41, 5.74) is 1.95. The number of carbonyl (C=O) groups is 1. The lowest BCUT2D eigenvalue weighted by atomic mass is 9.89. The number of likely N-dealkylation sites (tertiary alicyclic amines) is 1. The zero-order valence-corrected chi connectivity index (χ0v) is 12.0. The third kappa shape index (κ3) is 2.29. The molecule has 1 amide bonds. The van der Waals surface area contributed by atoms with Gasteiger partial charge in [-0.1, -0.05) is 11.6 Å². The third-order valence-corrected chi connectivity index (χ3v) is 4.42. The van der Waals surface area contributed by atoms with Crippen molar-refractivity contribution < 1.29 is 9.18 Å². The van der Waals surface area contributed by atoms with E-state index in [1.54, 1.807) is 13.0 Å². The lowest BCUT2D eigenvalue weighted by molar-refractivity contribution is -0.129. The molecule has 0 bridgehead atoms. The molecule has 20 heavy (non-hydrogen) atoms. The Morgan fingerprint density at radius 3 is 2.75 bits per heavy atom. The summed E-state index contributed by atoms with van der Waals surface area (Å²) >= 11 is 5.88. The molecule has 1 N–H and O–H groups in total. The number of hydrogen-bond donors (Lipinski definition) is 1. The van der Waals surface area contributed by atoms with Crippen LogP contribution in [0.2, 0.25) is 5.02 Å². The van der Waals surface area contributed by atoms with E-state index >= 15 is 0 Å². The van der Waals surface area contributed by atoms with E-state index in [0.717, 1.165) is 36.8 Å². The van der Waals surface area contributed by atoms with Gasteiger partial charge in [-0.15, -0.1) is 0 Å². The summed E-state index contributed by atoms with van der Waals surface area (Å²) in [6.45, 7) is 3.16. The van der Waals surface area contributed by atoms with Crippen LogP contribution < -0.4 is 0 Å². The van der Waals surface area contributed by atoms with Gasteiger partial charge in [0, 0.05) is 37.1 Å². The number of hydrogen-bond acceptors (Lipinski definition) is 1. The fourth-order valence-corrected chi connectivity index (χ4v) is 3.15. The fraction of sp³-hybridized carbons (Fsp3) is 0.400. The van der Waals surface area contributed by atoms with Crippen molar-refractivity contribution in [2.75, 3.05) is 13.1 Å². The second-order valence-corrected chi connectivity index (χ2v) is 5.74. The van der Waals surface area contributed by atoms with E-state index in [2.05, 4.69) is 4.98 Å². The molecule has 1 aromatic carbocycles. The van der Waals surface area contributed by atoms with E-state index in [4.69, 9.17) is 11.6 Å². The lowest BCUT2D eigenvalue weighted by Crippen LogP contribution is -2.36. The van der Waals surface area contributed by atoms with Crippen LogP contribution in [-0.4, -0.2) is 28.9 Å². The Kier molecular flexibility index (Phi) is 3.42. The van der Waals surface area contributed by atoms with Crippen molar-refractivity contribution in [3.63, 3.8) is 0 Å². The second-order valence-electron chi connectivity index (χ2n) is 5.34. The Hall–Kier alpha value is -1.55. The average molecular weight is 295 g/mol. The Bertz CT molecular complexity index is 659. The van der Waals surface area contributed by atoms with Gasteiger partial charge in [0.2, 0.25) is 5.91 Å². The molecular formula is C15H16ClFN2O. The van der Waals surface area contributed by atoms with Crippen molar-refractivity contribution in [2.24, 2.45) is 0 Å². The van der Waals surface area contributed by atoms with Gasteiger partial charge in [-0.05, 0) is 36.5 Å². The molecule has 0 atom stereocenters. The smallest absolute Gasteiger partial charge is 0.219 e. The third-order valence-electron chi connectivity index (χ3n) is 4.13. The van der Waals surface area contributed by atoms with Crippen LogP contribution in [-0.2, 0) is 4.79 Å². The molecule has 5 heteroatoms. The predicted molar refractivity (Wildman–Crippen MR) is 77.5 cm³/mol. The van der Waals surface area contributed by atoms with Crippen LogP contribution in [0.1, 0.15) is 31.2 Å². The quantitative estimate of drug-likeness (QED) is 0.855. The number of piperidine rings is 1. The normalized spacial score (nSPS) is 16.9. The molecule has 1 saturated heterocycles. The SMILES string of the molecule is CC(=O)N1CCC(c2c[nH]c3cc(F)c(Cl)cc23)CC1. The maximum absolute atomic E-state index is 13.4. The van der Waals surface area contributed by atoms with Crippen LogP contribution in [0.5, 0.6) is 0 Å². The molecule has 1 aromatic heterocycles. The van der Waals surface area contributed by atoms with Gasteiger partial charge in [0.15, 0.2) is 0 Å². The standard InChI is InChI=1S/C15H16ClFN2O/c1-9(20)19-4-2-10(3-5-19)12-8-18-15-7-14(17)13(16)6-11(12)15/h6-8,10,18H,2-5H2,1H3. The predicted octanol–water partition coefficient (Wildman–Crippen LogP) is 3.69. The van der Waals surface area contributed by atoms with Crippen LogP contribution in [0.4, 0.5) is 4.39 Å². The minimum Gasteiger partial charge on any atom is -0.361 e. The molecule has 2 heterocycles. The number of nitrogens with zero attached hydrogens (tertiary/aromatic N) is 1. The van der Waals surface area contributed by atoms with Gasteiger partial charge in [-0.3, -0.25) is 4.79 Å². The second kappa shape index (κ2) is 5.09. The van der Waals surface area contributed by atoms with Crippen LogP contribution in [0.3, 0.4) is 0 Å². The van der Waals surface area contributed by atoms with Gasteiger partial charge < -0.3 is 9.88 Å². The Morgan fingerprint density at radius 2 is 2.10 bits per heavy atom. The fourth-order valence-electron chi connectivity index (χ4n) is 2.98. The monoisotopic (exact) mass is 294 g/mol. The minimum absolute atomic E-state index is 0.132. The zero-order chi connectivity index (χ0) is 14.3. The highest BCUT2D eigenvalue weighted by Crippen LogP contribution is 2.34. The highest BCUT2D eigenvalue weighted by Gasteiger charge is 2.24. The number of benzene rings is 1. The average Bonchev–Trinajstić information content (AvgIpc) is 2.82. The van der Waals surface area contributed by atoms with Crippen LogP contribution >= 0.6 is 11.6 Å². The number of rotatable bonds is 1. The topological polar surface area (TPSA) is 36.1 Å². The molecule has 0 unspecified atom stereocenters. The van der Waals surface area contributed by atoms with Crippen molar-refractivity contribution in [1.82, 2.24) is 9.88 Å². The van der Waals surface area contributed by atoms with Crippen LogP contribution in [0.25, 0.3) is 10.9 Å². The minimum atomic E-state index is -0.404. The number of carbonyl (C=O) groups excluding carboxylic acids is 1. The van der Waals surface area contributed by atoms with Crippen LogP contribution in [0, 0.1) is 5.82 Å². The number of H-pyrrole nitrogens is 1. The highest BCUT2D eigenvalue weighted by atomic mass is 35.5. The molecule has 3 rings (SSSR count). The summed E-state index contributed by atoms with van der Waals surface area (Å²) in [6.07, 6.45) is 3.80.